The number of nitrogens with zero attached hydrogens (tertiary/aromatic N) is 4. The molecular weight excluding hydrogens is 439 g/mol. The molecular formula is C19H29IN6. The number of guanidine groups is 1. The summed E-state index contributed by atoms with van der Waals surface area (Å²) in [6.45, 7) is 6.08. The van der Waals surface area contributed by atoms with Crippen molar-refractivity contribution in [1.29, 1.82) is 0 Å². The molecule has 1 aromatic heterocycles. The number of halogens is 1. The van der Waals surface area contributed by atoms with Crippen LogP contribution in [0.25, 0.3) is 0 Å². The quantitative estimate of drug-likeness (QED) is 0.389. The monoisotopic (exact) mass is 468 g/mol. The van der Waals surface area contributed by atoms with Gasteiger partial charge in [-0.15, -0.1) is 24.0 Å². The highest BCUT2D eigenvalue weighted by Crippen LogP contribution is 2.19. The number of benzene rings is 1. The topological polar surface area (TPSA) is 57.5 Å². The smallest absolute Gasteiger partial charge is 0.191 e. The van der Waals surface area contributed by atoms with Crippen LogP contribution in [0.15, 0.2) is 53.8 Å². The summed E-state index contributed by atoms with van der Waals surface area (Å²) in [7, 11) is 1.83. The number of anilines is 1. The zero-order valence-corrected chi connectivity index (χ0v) is 17.8. The molecule has 2 unspecified atom stereocenters. The molecule has 0 bridgehead atoms. The Morgan fingerprint density at radius 2 is 2.12 bits per heavy atom. The third-order valence-electron chi connectivity index (χ3n) is 4.55. The lowest BCUT2D eigenvalue weighted by Crippen LogP contribution is -2.46. The van der Waals surface area contributed by atoms with Gasteiger partial charge >= 0.3 is 0 Å². The van der Waals surface area contributed by atoms with E-state index in [9.17, 15) is 0 Å². The number of para-hydroxylation sites is 1. The van der Waals surface area contributed by atoms with Crippen molar-refractivity contribution in [3.63, 3.8) is 0 Å². The molecule has 0 spiro atoms. The maximum Gasteiger partial charge on any atom is 0.191 e. The standard InChI is InChI=1S/C19H28N6.HI/c1-16(14-25-11-6-10-22-25)13-21-19(20-2)23-17-9-12-24(15-17)18-7-4-3-5-8-18;/h3-8,10-11,16-17H,9,12-15H2,1-2H3,(H2,20,21,23);1H. The van der Waals surface area contributed by atoms with Crippen molar-refractivity contribution in [2.75, 3.05) is 31.6 Å². The fourth-order valence-electron chi connectivity index (χ4n) is 3.20. The van der Waals surface area contributed by atoms with E-state index in [0.717, 1.165) is 38.6 Å². The molecule has 0 radical (unpaired) electrons. The summed E-state index contributed by atoms with van der Waals surface area (Å²) in [6, 6.07) is 13.0. The maximum absolute atomic E-state index is 4.37. The second-order valence-corrected chi connectivity index (χ2v) is 6.70. The average Bonchev–Trinajstić information content (AvgIpc) is 3.31. The molecule has 2 heterocycles. The van der Waals surface area contributed by atoms with Gasteiger partial charge in [0.05, 0.1) is 0 Å². The van der Waals surface area contributed by atoms with Crippen molar-refractivity contribution in [2.24, 2.45) is 10.9 Å². The number of rotatable bonds is 6. The second kappa shape index (κ2) is 10.4. The maximum atomic E-state index is 4.37. The zero-order chi connectivity index (χ0) is 17.5. The van der Waals surface area contributed by atoms with Crippen LogP contribution in [-0.4, -0.2) is 48.5 Å². The van der Waals surface area contributed by atoms with Crippen molar-refractivity contribution >= 4 is 35.6 Å². The second-order valence-electron chi connectivity index (χ2n) is 6.70. The van der Waals surface area contributed by atoms with Gasteiger partial charge in [-0.25, -0.2) is 0 Å². The Hall–Kier alpha value is -1.77. The van der Waals surface area contributed by atoms with Gasteiger partial charge in [0.1, 0.15) is 0 Å². The molecule has 3 rings (SSSR count). The van der Waals surface area contributed by atoms with Gasteiger partial charge in [0.25, 0.3) is 0 Å². The van der Waals surface area contributed by atoms with Crippen LogP contribution >= 0.6 is 24.0 Å². The molecule has 1 fully saturated rings. The van der Waals surface area contributed by atoms with Crippen LogP contribution in [-0.2, 0) is 6.54 Å². The third-order valence-corrected chi connectivity index (χ3v) is 4.55. The van der Waals surface area contributed by atoms with E-state index in [-0.39, 0.29) is 24.0 Å². The van der Waals surface area contributed by atoms with Crippen molar-refractivity contribution in [2.45, 2.75) is 25.9 Å². The summed E-state index contributed by atoms with van der Waals surface area (Å²) >= 11 is 0. The first-order chi connectivity index (χ1) is 12.2. The molecule has 0 saturated carbocycles. The van der Waals surface area contributed by atoms with E-state index in [0.29, 0.717) is 12.0 Å². The summed E-state index contributed by atoms with van der Waals surface area (Å²) in [6.07, 6.45) is 4.94. The molecule has 2 atom stereocenters. The van der Waals surface area contributed by atoms with E-state index in [1.165, 1.54) is 5.69 Å². The SMILES string of the molecule is CN=C(NCC(C)Cn1cccn1)NC1CCN(c2ccccc2)C1.I. The minimum atomic E-state index is 0. The van der Waals surface area contributed by atoms with Gasteiger partial charge in [-0.3, -0.25) is 9.67 Å². The van der Waals surface area contributed by atoms with Crippen LogP contribution in [0.3, 0.4) is 0 Å². The van der Waals surface area contributed by atoms with Crippen LogP contribution in [0.5, 0.6) is 0 Å². The number of hydrogen-bond acceptors (Lipinski definition) is 3. The molecule has 2 aromatic rings. The number of nitrogens with one attached hydrogen (secondary N) is 2. The molecule has 1 aromatic carbocycles. The number of aliphatic imine (C=N–C) groups is 1. The zero-order valence-electron chi connectivity index (χ0n) is 15.5. The van der Waals surface area contributed by atoms with Gasteiger partial charge in [-0.1, -0.05) is 25.1 Å². The molecule has 0 aliphatic carbocycles. The predicted molar refractivity (Wildman–Crippen MR) is 118 cm³/mol. The minimum Gasteiger partial charge on any atom is -0.369 e. The molecule has 2 N–H and O–H groups in total. The van der Waals surface area contributed by atoms with Gasteiger partial charge in [0.2, 0.25) is 0 Å². The van der Waals surface area contributed by atoms with E-state index in [2.05, 4.69) is 62.9 Å². The lowest BCUT2D eigenvalue weighted by Gasteiger charge is -2.21. The third kappa shape index (κ3) is 5.89. The minimum absolute atomic E-state index is 0. The van der Waals surface area contributed by atoms with E-state index in [1.807, 2.05) is 30.2 Å². The molecule has 1 aliphatic heterocycles. The van der Waals surface area contributed by atoms with Crippen LogP contribution in [0.4, 0.5) is 5.69 Å². The summed E-state index contributed by atoms with van der Waals surface area (Å²) < 4.78 is 1.97. The Morgan fingerprint density at radius 3 is 2.81 bits per heavy atom. The fourth-order valence-corrected chi connectivity index (χ4v) is 3.20. The Bertz CT molecular complexity index is 658. The lowest BCUT2D eigenvalue weighted by molar-refractivity contribution is 0.442. The van der Waals surface area contributed by atoms with E-state index in [1.54, 1.807) is 0 Å². The van der Waals surface area contributed by atoms with Crippen LogP contribution in [0, 0.1) is 5.92 Å². The molecule has 142 valence electrons. The first kappa shape index (κ1) is 20.5. The Morgan fingerprint density at radius 1 is 1.31 bits per heavy atom. The van der Waals surface area contributed by atoms with Crippen LogP contribution in [0.1, 0.15) is 13.3 Å². The molecule has 1 saturated heterocycles. The van der Waals surface area contributed by atoms with E-state index in [4.69, 9.17) is 0 Å². The molecule has 1 aliphatic rings. The van der Waals surface area contributed by atoms with Crippen LogP contribution in [0.2, 0.25) is 0 Å². The van der Waals surface area contributed by atoms with Crippen LogP contribution < -0.4 is 15.5 Å². The van der Waals surface area contributed by atoms with Gasteiger partial charge in [-0.2, -0.15) is 5.10 Å². The number of hydrogen-bond donors (Lipinski definition) is 2. The molecule has 26 heavy (non-hydrogen) atoms. The largest absolute Gasteiger partial charge is 0.369 e. The van der Waals surface area contributed by atoms with Gasteiger partial charge < -0.3 is 15.5 Å². The molecule has 6 nitrogen and oxygen atoms in total. The molecule has 0 amide bonds. The van der Waals surface area contributed by atoms with E-state index >= 15 is 0 Å². The first-order valence-electron chi connectivity index (χ1n) is 8.99. The average molecular weight is 468 g/mol. The highest BCUT2D eigenvalue weighted by Gasteiger charge is 2.23. The lowest BCUT2D eigenvalue weighted by atomic mass is 10.2. The van der Waals surface area contributed by atoms with Crippen molar-refractivity contribution in [1.82, 2.24) is 20.4 Å². The highest BCUT2D eigenvalue weighted by atomic mass is 127. The van der Waals surface area contributed by atoms with Crippen molar-refractivity contribution in [3.05, 3.63) is 48.8 Å². The normalized spacial score (nSPS) is 18.3. The summed E-state index contributed by atoms with van der Waals surface area (Å²) in [5.41, 5.74) is 1.29. The first-order valence-corrected chi connectivity index (χ1v) is 8.99. The Kier molecular flexibility index (Phi) is 8.21. The van der Waals surface area contributed by atoms with Crippen molar-refractivity contribution < 1.29 is 0 Å². The Balaban J connectivity index is 0.00000243. The molecule has 7 heteroatoms. The van der Waals surface area contributed by atoms with Gasteiger partial charge in [0.15, 0.2) is 5.96 Å². The fraction of sp³-hybridized carbons (Fsp3) is 0.474. The van der Waals surface area contributed by atoms with Gasteiger partial charge in [-0.05, 0) is 30.5 Å². The predicted octanol–water partition coefficient (Wildman–Crippen LogP) is 2.58. The van der Waals surface area contributed by atoms with Crippen molar-refractivity contribution in [3.8, 4) is 0 Å². The summed E-state index contributed by atoms with van der Waals surface area (Å²) in [4.78, 5) is 6.79. The Labute approximate surface area is 173 Å². The summed E-state index contributed by atoms with van der Waals surface area (Å²) in [5, 5.41) is 11.3. The van der Waals surface area contributed by atoms with E-state index < -0.39 is 0 Å². The number of aromatic nitrogens is 2. The summed E-state index contributed by atoms with van der Waals surface area (Å²) in [5.74, 6) is 1.36. The van der Waals surface area contributed by atoms with Gasteiger partial charge in [0, 0.05) is 57.3 Å². The highest BCUT2D eigenvalue weighted by molar-refractivity contribution is 14.0.